The zero-order valence-electron chi connectivity index (χ0n) is 10.1. The Morgan fingerprint density at radius 3 is 2.47 bits per heavy atom. The van der Waals surface area contributed by atoms with Crippen LogP contribution in [0.5, 0.6) is 0 Å². The molecule has 1 unspecified atom stereocenters. The topological polar surface area (TPSA) is 90.6 Å². The number of nitrogens with two attached hydrogens (primary N) is 3. The number of ether oxygens (including phenoxy) is 1. The first kappa shape index (κ1) is 13.2. The molecule has 1 atom stereocenters. The van der Waals surface area contributed by atoms with Crippen molar-refractivity contribution in [3.05, 3.63) is 35.4 Å². The third kappa shape index (κ3) is 2.79. The second-order valence-electron chi connectivity index (χ2n) is 4.71. The van der Waals surface area contributed by atoms with Gasteiger partial charge in [-0.3, -0.25) is 0 Å². The first-order valence-corrected chi connectivity index (χ1v) is 8.20. The molecule has 1 aromatic rings. The van der Waals surface area contributed by atoms with Gasteiger partial charge in [-0.2, -0.15) is 0 Å². The molecule has 0 spiro atoms. The van der Waals surface area contributed by atoms with E-state index in [0.29, 0.717) is 5.92 Å². The van der Waals surface area contributed by atoms with Gasteiger partial charge in [0.2, 0.25) is 0 Å². The van der Waals surface area contributed by atoms with Crippen LogP contribution in [0.2, 0.25) is 0 Å². The summed E-state index contributed by atoms with van der Waals surface area (Å²) in [5, 5.41) is 0. The molecule has 1 heterocycles. The van der Waals surface area contributed by atoms with Gasteiger partial charge in [-0.1, -0.05) is 0 Å². The van der Waals surface area contributed by atoms with Crippen molar-refractivity contribution in [1.29, 1.82) is 0 Å². The first-order chi connectivity index (χ1) is 7.84. The van der Waals surface area contributed by atoms with Crippen molar-refractivity contribution >= 4 is 0 Å². The number of hydrogen-bond acceptors (Lipinski definition) is 4. The summed E-state index contributed by atoms with van der Waals surface area (Å²) in [6, 6.07) is 8.58. The molecular weight excluding hydrogens is 329 g/mol. The van der Waals surface area contributed by atoms with Gasteiger partial charge >= 0.3 is 112 Å². The van der Waals surface area contributed by atoms with E-state index in [0.717, 1.165) is 4.43 Å². The van der Waals surface area contributed by atoms with Crippen molar-refractivity contribution in [3.8, 4) is 0 Å². The molecule has 17 heavy (non-hydrogen) atoms. The average molecular weight is 348 g/mol. The van der Waals surface area contributed by atoms with Gasteiger partial charge in [-0.25, -0.2) is 0 Å². The molecule has 4 nitrogen and oxygen atoms in total. The summed E-state index contributed by atoms with van der Waals surface area (Å²) in [5.41, 5.74) is 19.9. The average Bonchev–Trinajstić information content (AvgIpc) is 2.76. The molecular formula is C12H19IN3O-. The molecule has 1 fully saturated rings. The summed E-state index contributed by atoms with van der Waals surface area (Å²) in [7, 11) is 0. The summed E-state index contributed by atoms with van der Waals surface area (Å²) < 4.78 is 5.36. The van der Waals surface area contributed by atoms with Crippen LogP contribution in [0, 0.1) is 0 Å². The van der Waals surface area contributed by atoms with E-state index in [2.05, 4.69) is 38.1 Å². The maximum atomic E-state index is 5.95. The summed E-state index contributed by atoms with van der Waals surface area (Å²) in [6.07, 6.45) is 0. The van der Waals surface area contributed by atoms with Crippen LogP contribution in [0.4, 0.5) is 0 Å². The molecule has 0 amide bonds. The number of epoxide rings is 1. The number of halogens is 1. The van der Waals surface area contributed by atoms with Gasteiger partial charge in [0.1, 0.15) is 0 Å². The Bertz CT molecular complexity index is 422. The van der Waals surface area contributed by atoms with Gasteiger partial charge in [0.15, 0.2) is 0 Å². The third-order valence-electron chi connectivity index (χ3n) is 2.85. The van der Waals surface area contributed by atoms with Gasteiger partial charge in [-0.15, -0.1) is 0 Å². The van der Waals surface area contributed by atoms with Crippen molar-refractivity contribution in [1.82, 2.24) is 0 Å². The van der Waals surface area contributed by atoms with E-state index in [9.17, 15) is 0 Å². The quantitative estimate of drug-likeness (QED) is 0.186. The Morgan fingerprint density at radius 2 is 1.94 bits per heavy atom. The van der Waals surface area contributed by atoms with Crippen LogP contribution >= 0.6 is 0 Å². The minimum absolute atomic E-state index is 0.403. The number of rotatable bonds is 4. The van der Waals surface area contributed by atoms with Crippen molar-refractivity contribution in [2.45, 2.75) is 33.8 Å². The van der Waals surface area contributed by atoms with E-state index >= 15 is 0 Å². The molecule has 0 aliphatic carbocycles. The van der Waals surface area contributed by atoms with Crippen LogP contribution in [0.15, 0.2) is 24.3 Å². The van der Waals surface area contributed by atoms with E-state index in [1.54, 1.807) is 0 Å². The minimum atomic E-state index is -1.10. The van der Waals surface area contributed by atoms with E-state index in [1.807, 2.05) is 0 Å². The predicted molar refractivity (Wildman–Crippen MR) is 63.3 cm³/mol. The Hall–Kier alpha value is -0.210. The molecule has 96 valence electrons. The Morgan fingerprint density at radius 1 is 1.29 bits per heavy atom. The summed E-state index contributed by atoms with van der Waals surface area (Å²) >= 11 is -0.403. The Labute approximate surface area is 112 Å². The normalized spacial score (nSPS) is 26.5. The molecule has 0 bridgehead atoms. The molecule has 1 saturated heterocycles. The van der Waals surface area contributed by atoms with E-state index in [1.165, 1.54) is 11.1 Å². The van der Waals surface area contributed by atoms with Crippen LogP contribution in [0.1, 0.15) is 30.9 Å². The van der Waals surface area contributed by atoms with Crippen LogP contribution in [-0.2, 0) is 9.16 Å². The summed E-state index contributed by atoms with van der Waals surface area (Å²) in [6.45, 7) is 4.38. The third-order valence-corrected chi connectivity index (χ3v) is 6.30. The molecule has 0 radical (unpaired) electrons. The van der Waals surface area contributed by atoms with Crippen molar-refractivity contribution in [2.24, 2.45) is 17.2 Å². The van der Waals surface area contributed by atoms with E-state index in [4.69, 9.17) is 21.9 Å². The van der Waals surface area contributed by atoms with Gasteiger partial charge in [-0.05, 0) is 0 Å². The molecule has 1 aromatic carbocycles. The first-order valence-electron chi connectivity index (χ1n) is 5.60. The van der Waals surface area contributed by atoms with Crippen molar-refractivity contribution in [2.75, 3.05) is 0 Å². The second kappa shape index (κ2) is 4.47. The standard InChI is InChI=1S/C12H19IN3O/c1-8(2)10-5-3-4-9(6-10)7-13-11(14)12(15,16)17-11/h3-6,8H,7,14-16H2,1-2H3/q-1. The number of benzene rings is 1. The van der Waals surface area contributed by atoms with Gasteiger partial charge in [0, 0.05) is 0 Å². The van der Waals surface area contributed by atoms with Crippen LogP contribution in [-0.4, -0.2) is 9.58 Å². The summed E-state index contributed by atoms with van der Waals surface area (Å²) in [5.74, 6) is -0.559. The number of alkyl halides is 2. The molecule has 0 aromatic heterocycles. The second-order valence-corrected chi connectivity index (χ2v) is 7.84. The van der Waals surface area contributed by atoms with Gasteiger partial charge in [0.25, 0.3) is 0 Å². The van der Waals surface area contributed by atoms with Crippen LogP contribution in [0.25, 0.3) is 0 Å². The number of hydrogen-bond donors (Lipinski definition) is 3. The van der Waals surface area contributed by atoms with E-state index < -0.39 is 30.8 Å². The fraction of sp³-hybridized carbons (Fsp3) is 0.500. The van der Waals surface area contributed by atoms with E-state index in [-0.39, 0.29) is 0 Å². The van der Waals surface area contributed by atoms with Crippen LogP contribution in [0.3, 0.4) is 0 Å². The zero-order chi connectivity index (χ0) is 12.7. The van der Waals surface area contributed by atoms with Gasteiger partial charge < -0.3 is 0 Å². The fourth-order valence-electron chi connectivity index (χ4n) is 1.56. The van der Waals surface area contributed by atoms with Crippen molar-refractivity contribution < 1.29 is 25.9 Å². The molecule has 1 aliphatic heterocycles. The maximum absolute atomic E-state index is 5.95. The SMILES string of the molecule is CC(C)c1cccc(C[I-]C2(N)OC2(N)N)c1. The monoisotopic (exact) mass is 348 g/mol. The van der Waals surface area contributed by atoms with Gasteiger partial charge in [0.05, 0.1) is 0 Å². The predicted octanol–water partition coefficient (Wildman–Crippen LogP) is -2.39. The zero-order valence-corrected chi connectivity index (χ0v) is 12.3. The molecule has 6 N–H and O–H groups in total. The molecule has 2 rings (SSSR count). The molecule has 5 heteroatoms. The Balaban J connectivity index is 1.98. The van der Waals surface area contributed by atoms with Crippen molar-refractivity contribution in [3.63, 3.8) is 0 Å². The fourth-order valence-corrected chi connectivity index (χ4v) is 4.16. The molecule has 0 saturated carbocycles. The molecule has 1 aliphatic rings. The van der Waals surface area contributed by atoms with Crippen LogP contribution < -0.4 is 38.4 Å². The summed E-state index contributed by atoms with van der Waals surface area (Å²) in [4.78, 5) is 0. The Kier molecular flexibility index (Phi) is 3.48.